The van der Waals surface area contributed by atoms with Gasteiger partial charge in [-0.15, -0.1) is 5.06 Å². The molecule has 0 spiro atoms. The molecule has 3 nitrogen and oxygen atoms in total. The number of rotatable bonds is 2. The summed E-state index contributed by atoms with van der Waals surface area (Å²) in [5.74, 6) is 0.753. The summed E-state index contributed by atoms with van der Waals surface area (Å²) in [4.78, 5) is 9.65. The number of hydrogen-bond acceptors (Lipinski definition) is 3. The molecule has 0 radical (unpaired) electrons. The van der Waals surface area contributed by atoms with Crippen molar-refractivity contribution in [1.82, 2.24) is 5.06 Å². The highest BCUT2D eigenvalue weighted by molar-refractivity contribution is 5.46. The average molecular weight is 184 g/mol. The summed E-state index contributed by atoms with van der Waals surface area (Å²) < 4.78 is 0. The highest BCUT2D eigenvalue weighted by Gasteiger charge is 2.19. The number of hydrogen-bond donors (Lipinski definition) is 0. The van der Waals surface area contributed by atoms with E-state index in [-0.39, 0.29) is 5.54 Å². The van der Waals surface area contributed by atoms with Gasteiger partial charge in [-0.1, -0.05) is 6.92 Å². The maximum Gasteiger partial charge on any atom is 0.197 e. The van der Waals surface area contributed by atoms with Crippen LogP contribution in [0.3, 0.4) is 0 Å². The quantitative estimate of drug-likeness (QED) is 0.485. The Morgan fingerprint density at radius 1 is 1.46 bits per heavy atom. The minimum Gasteiger partial charge on any atom is -0.394 e. The first-order chi connectivity index (χ1) is 5.97. The number of nitrogens with zero attached hydrogens (tertiary/aromatic N) is 2. The fraction of sp³-hybridized carbons (Fsp3) is 0.900. The number of hydroxylamine groups is 2. The molecule has 1 unspecified atom stereocenters. The topological polar surface area (TPSA) is 24.8 Å². The molecule has 13 heavy (non-hydrogen) atoms. The Bertz CT molecular complexity index is 184. The second kappa shape index (κ2) is 4.09. The Hall–Kier alpha value is -0.570. The van der Waals surface area contributed by atoms with Gasteiger partial charge in [-0.2, -0.15) is 0 Å². The lowest BCUT2D eigenvalue weighted by atomic mass is 10.1. The standard InChI is InChI=1S/C10H20N2O/c1-9-5-6-12(7-9)13-8-11-10(2,3)4/h8-9H,5-7H2,1-4H3/b11-8+. The Labute approximate surface area is 80.7 Å². The van der Waals surface area contributed by atoms with Gasteiger partial charge >= 0.3 is 0 Å². The summed E-state index contributed by atoms with van der Waals surface area (Å²) >= 11 is 0. The Morgan fingerprint density at radius 2 is 2.15 bits per heavy atom. The molecule has 0 N–H and O–H groups in total. The fourth-order valence-corrected chi connectivity index (χ4v) is 1.24. The molecule has 0 aromatic rings. The van der Waals surface area contributed by atoms with Crippen molar-refractivity contribution in [2.75, 3.05) is 13.1 Å². The molecular weight excluding hydrogens is 164 g/mol. The summed E-state index contributed by atoms with van der Waals surface area (Å²) in [5, 5.41) is 1.97. The van der Waals surface area contributed by atoms with Crippen LogP contribution in [0.5, 0.6) is 0 Å². The van der Waals surface area contributed by atoms with Crippen molar-refractivity contribution in [3.05, 3.63) is 0 Å². The van der Waals surface area contributed by atoms with Crippen LogP contribution in [0.2, 0.25) is 0 Å². The lowest BCUT2D eigenvalue weighted by Crippen LogP contribution is -2.21. The molecule has 1 heterocycles. The molecule has 0 aromatic heterocycles. The van der Waals surface area contributed by atoms with E-state index in [1.165, 1.54) is 6.42 Å². The molecule has 0 bridgehead atoms. The summed E-state index contributed by atoms with van der Waals surface area (Å²) in [6.45, 7) is 10.5. The van der Waals surface area contributed by atoms with Crippen molar-refractivity contribution in [3.8, 4) is 0 Å². The molecule has 1 fully saturated rings. The van der Waals surface area contributed by atoms with E-state index < -0.39 is 0 Å². The second-order valence-electron chi connectivity index (χ2n) is 4.79. The van der Waals surface area contributed by atoms with Crippen LogP contribution in [-0.2, 0) is 4.84 Å². The van der Waals surface area contributed by atoms with Gasteiger partial charge in [0, 0.05) is 13.1 Å². The largest absolute Gasteiger partial charge is 0.394 e. The van der Waals surface area contributed by atoms with Crippen LogP contribution in [0.1, 0.15) is 34.1 Å². The molecule has 1 aliphatic rings. The summed E-state index contributed by atoms with van der Waals surface area (Å²) in [6, 6.07) is 0. The molecule has 3 heteroatoms. The van der Waals surface area contributed by atoms with Gasteiger partial charge in [0.05, 0.1) is 5.54 Å². The third kappa shape index (κ3) is 4.27. The van der Waals surface area contributed by atoms with Crippen molar-refractivity contribution in [3.63, 3.8) is 0 Å². The van der Waals surface area contributed by atoms with Crippen LogP contribution in [0.4, 0.5) is 0 Å². The summed E-state index contributed by atoms with van der Waals surface area (Å²) in [5.41, 5.74) is -0.0364. The van der Waals surface area contributed by atoms with E-state index in [9.17, 15) is 0 Å². The maximum atomic E-state index is 5.39. The van der Waals surface area contributed by atoms with E-state index in [0.29, 0.717) is 0 Å². The molecule has 1 atom stereocenters. The van der Waals surface area contributed by atoms with Gasteiger partial charge in [0.1, 0.15) is 0 Å². The van der Waals surface area contributed by atoms with Crippen LogP contribution in [0.25, 0.3) is 0 Å². The van der Waals surface area contributed by atoms with Crippen LogP contribution < -0.4 is 0 Å². The molecule has 0 amide bonds. The summed E-state index contributed by atoms with van der Waals surface area (Å²) in [7, 11) is 0. The molecule has 0 saturated carbocycles. The first-order valence-electron chi connectivity index (χ1n) is 4.93. The van der Waals surface area contributed by atoms with Crippen molar-refractivity contribution in [1.29, 1.82) is 0 Å². The monoisotopic (exact) mass is 184 g/mol. The van der Waals surface area contributed by atoms with Crippen LogP contribution in [0, 0.1) is 5.92 Å². The highest BCUT2D eigenvalue weighted by Crippen LogP contribution is 2.14. The minimum atomic E-state index is -0.0364. The zero-order chi connectivity index (χ0) is 9.90. The lowest BCUT2D eigenvalue weighted by Gasteiger charge is -2.15. The Kier molecular flexibility index (Phi) is 3.31. The minimum absolute atomic E-state index is 0.0364. The van der Waals surface area contributed by atoms with Gasteiger partial charge in [0.2, 0.25) is 0 Å². The predicted octanol–water partition coefficient (Wildman–Crippen LogP) is 2.09. The van der Waals surface area contributed by atoms with E-state index in [1.807, 2.05) is 5.06 Å². The molecule has 1 aliphatic heterocycles. The van der Waals surface area contributed by atoms with Crippen molar-refractivity contribution in [2.45, 2.75) is 39.7 Å². The van der Waals surface area contributed by atoms with Gasteiger partial charge in [-0.3, -0.25) is 4.99 Å². The van der Waals surface area contributed by atoms with Gasteiger partial charge in [-0.25, -0.2) is 0 Å². The van der Waals surface area contributed by atoms with Crippen LogP contribution in [-0.4, -0.2) is 30.1 Å². The first-order valence-corrected chi connectivity index (χ1v) is 4.93. The molecule has 1 rings (SSSR count). The average Bonchev–Trinajstić information content (AvgIpc) is 2.33. The van der Waals surface area contributed by atoms with Crippen LogP contribution in [0.15, 0.2) is 4.99 Å². The first kappa shape index (κ1) is 10.5. The molecular formula is C10H20N2O. The van der Waals surface area contributed by atoms with E-state index in [0.717, 1.165) is 19.0 Å². The third-order valence-electron chi connectivity index (χ3n) is 2.02. The normalized spacial score (nSPS) is 25.7. The van der Waals surface area contributed by atoms with Gasteiger partial charge in [0.15, 0.2) is 6.40 Å². The summed E-state index contributed by atoms with van der Waals surface area (Å²) in [6.07, 6.45) is 2.79. The zero-order valence-corrected chi connectivity index (χ0v) is 9.08. The molecule has 0 aromatic carbocycles. The second-order valence-corrected chi connectivity index (χ2v) is 4.79. The zero-order valence-electron chi connectivity index (χ0n) is 9.08. The van der Waals surface area contributed by atoms with Crippen LogP contribution >= 0.6 is 0 Å². The third-order valence-corrected chi connectivity index (χ3v) is 2.02. The van der Waals surface area contributed by atoms with Crippen molar-refractivity contribution < 1.29 is 4.84 Å². The molecule has 0 aliphatic carbocycles. The fourth-order valence-electron chi connectivity index (χ4n) is 1.24. The molecule has 76 valence electrons. The maximum absolute atomic E-state index is 5.39. The van der Waals surface area contributed by atoms with E-state index >= 15 is 0 Å². The van der Waals surface area contributed by atoms with Gasteiger partial charge < -0.3 is 4.84 Å². The smallest absolute Gasteiger partial charge is 0.197 e. The SMILES string of the molecule is CC1CCN(O/C=N/C(C)(C)C)C1. The highest BCUT2D eigenvalue weighted by atomic mass is 16.7. The van der Waals surface area contributed by atoms with E-state index in [4.69, 9.17) is 4.84 Å². The van der Waals surface area contributed by atoms with Crippen molar-refractivity contribution in [2.24, 2.45) is 10.9 Å². The van der Waals surface area contributed by atoms with Crippen molar-refractivity contribution >= 4 is 6.40 Å². The number of aliphatic imine (C=N–C) groups is 1. The predicted molar refractivity (Wildman–Crippen MR) is 54.7 cm³/mol. The van der Waals surface area contributed by atoms with E-state index in [1.54, 1.807) is 6.40 Å². The molecule has 1 saturated heterocycles. The van der Waals surface area contributed by atoms with Gasteiger partial charge in [-0.05, 0) is 33.1 Å². The van der Waals surface area contributed by atoms with E-state index in [2.05, 4.69) is 32.7 Å². The Balaban J connectivity index is 2.23. The van der Waals surface area contributed by atoms with Gasteiger partial charge in [0.25, 0.3) is 0 Å². The lowest BCUT2D eigenvalue weighted by molar-refractivity contribution is -0.0460. The Morgan fingerprint density at radius 3 is 2.62 bits per heavy atom.